The van der Waals surface area contributed by atoms with Gasteiger partial charge in [0.25, 0.3) is 0 Å². The van der Waals surface area contributed by atoms with Crippen molar-refractivity contribution in [3.63, 3.8) is 0 Å². The van der Waals surface area contributed by atoms with E-state index in [1.54, 1.807) is 11.3 Å². The van der Waals surface area contributed by atoms with E-state index in [2.05, 4.69) is 41.9 Å². The molecule has 0 aliphatic carbocycles. The lowest BCUT2D eigenvalue weighted by Crippen LogP contribution is -2.31. The van der Waals surface area contributed by atoms with E-state index >= 15 is 0 Å². The highest BCUT2D eigenvalue weighted by Crippen LogP contribution is 2.35. The van der Waals surface area contributed by atoms with Gasteiger partial charge in [0.2, 0.25) is 0 Å². The second-order valence-electron chi connectivity index (χ2n) is 4.63. The molecular formula is C15H17BrClNOS. The molecule has 2 atom stereocenters. The second kappa shape index (κ2) is 6.94. The van der Waals surface area contributed by atoms with Gasteiger partial charge < -0.3 is 10.5 Å². The molecular weight excluding hydrogens is 358 g/mol. The number of rotatable bonds is 5. The van der Waals surface area contributed by atoms with Crippen molar-refractivity contribution in [2.45, 2.75) is 32.4 Å². The van der Waals surface area contributed by atoms with Crippen LogP contribution >= 0.6 is 38.9 Å². The highest BCUT2D eigenvalue weighted by Gasteiger charge is 2.23. The summed E-state index contributed by atoms with van der Waals surface area (Å²) in [5.74, 6) is 0.662. The molecule has 0 spiro atoms. The first-order valence-corrected chi connectivity index (χ1v) is 8.43. The van der Waals surface area contributed by atoms with Crippen molar-refractivity contribution in [3.8, 4) is 5.75 Å². The summed E-state index contributed by atoms with van der Waals surface area (Å²) < 4.78 is 7.01. The second-order valence-corrected chi connectivity index (χ2v) is 7.28. The van der Waals surface area contributed by atoms with E-state index in [0.717, 1.165) is 15.8 Å². The Morgan fingerprint density at radius 3 is 2.65 bits per heavy atom. The molecule has 0 aliphatic rings. The molecule has 0 amide bonds. The first-order chi connectivity index (χ1) is 9.51. The van der Waals surface area contributed by atoms with Gasteiger partial charge in [-0.2, -0.15) is 0 Å². The van der Waals surface area contributed by atoms with Gasteiger partial charge in [-0.05, 0) is 43.7 Å². The summed E-state index contributed by atoms with van der Waals surface area (Å²) in [7, 11) is 0. The summed E-state index contributed by atoms with van der Waals surface area (Å²) in [4.78, 5) is 2.38. The molecule has 5 heteroatoms. The van der Waals surface area contributed by atoms with Crippen LogP contribution < -0.4 is 10.5 Å². The molecule has 1 aromatic carbocycles. The van der Waals surface area contributed by atoms with Crippen LogP contribution in [-0.2, 0) is 0 Å². The minimum atomic E-state index is -0.169. The van der Waals surface area contributed by atoms with Gasteiger partial charge in [-0.1, -0.05) is 34.5 Å². The van der Waals surface area contributed by atoms with Gasteiger partial charge >= 0.3 is 0 Å². The third kappa shape index (κ3) is 3.76. The molecule has 2 nitrogen and oxygen atoms in total. The Morgan fingerprint density at radius 1 is 1.35 bits per heavy atom. The Balaban J connectivity index is 2.28. The smallest absolute Gasteiger partial charge is 0.148 e. The first-order valence-electron chi connectivity index (χ1n) is 6.45. The molecule has 0 fully saturated rings. The fourth-order valence-electron chi connectivity index (χ4n) is 1.88. The number of ether oxygens (including phenoxy) is 1. The standard InChI is InChI=1S/C15H17BrClNOS/c1-3-12(18)15(14-7-4-9(2)20-14)19-13-6-5-10(16)8-11(13)17/h4-8,12,15H,3,18H2,1-2H3. The third-order valence-electron chi connectivity index (χ3n) is 3.05. The van der Waals surface area contributed by atoms with Crippen LogP contribution in [0.15, 0.2) is 34.8 Å². The highest BCUT2D eigenvalue weighted by atomic mass is 79.9. The van der Waals surface area contributed by atoms with Crippen LogP contribution in [0.5, 0.6) is 5.75 Å². The van der Waals surface area contributed by atoms with E-state index < -0.39 is 0 Å². The summed E-state index contributed by atoms with van der Waals surface area (Å²) in [5.41, 5.74) is 6.22. The van der Waals surface area contributed by atoms with Gasteiger partial charge in [0.1, 0.15) is 11.9 Å². The number of hydrogen-bond acceptors (Lipinski definition) is 3. The minimum Gasteiger partial charge on any atom is -0.482 e. The Bertz CT molecular complexity index is 587. The van der Waals surface area contributed by atoms with E-state index in [1.165, 1.54) is 4.88 Å². The maximum Gasteiger partial charge on any atom is 0.148 e. The predicted molar refractivity (Wildman–Crippen MR) is 89.8 cm³/mol. The van der Waals surface area contributed by atoms with Crippen molar-refractivity contribution >= 4 is 38.9 Å². The van der Waals surface area contributed by atoms with Gasteiger partial charge in [0, 0.05) is 20.3 Å². The molecule has 2 N–H and O–H groups in total. The molecule has 20 heavy (non-hydrogen) atoms. The van der Waals surface area contributed by atoms with E-state index in [1.807, 2.05) is 18.2 Å². The highest BCUT2D eigenvalue weighted by molar-refractivity contribution is 9.10. The van der Waals surface area contributed by atoms with Crippen LogP contribution in [0.3, 0.4) is 0 Å². The zero-order valence-corrected chi connectivity index (χ0v) is 14.6. The van der Waals surface area contributed by atoms with E-state index in [9.17, 15) is 0 Å². The molecule has 0 saturated carbocycles. The number of benzene rings is 1. The quantitative estimate of drug-likeness (QED) is 0.767. The van der Waals surface area contributed by atoms with Crippen LogP contribution in [0.25, 0.3) is 0 Å². The van der Waals surface area contributed by atoms with Gasteiger partial charge in [-0.3, -0.25) is 0 Å². The van der Waals surface area contributed by atoms with Crippen molar-refractivity contribution < 1.29 is 4.74 Å². The van der Waals surface area contributed by atoms with Crippen LogP contribution in [0.1, 0.15) is 29.2 Å². The topological polar surface area (TPSA) is 35.2 Å². The van der Waals surface area contributed by atoms with Gasteiger partial charge in [0.05, 0.1) is 5.02 Å². The molecule has 2 aromatic rings. The van der Waals surface area contributed by atoms with Crippen LogP contribution in [0, 0.1) is 6.92 Å². The van der Waals surface area contributed by atoms with Crippen molar-refractivity contribution in [1.29, 1.82) is 0 Å². The molecule has 2 unspecified atom stereocenters. The Kier molecular flexibility index (Phi) is 5.49. The van der Waals surface area contributed by atoms with Gasteiger partial charge in [-0.15, -0.1) is 11.3 Å². The van der Waals surface area contributed by atoms with E-state index in [4.69, 9.17) is 22.1 Å². The Morgan fingerprint density at radius 2 is 2.10 bits per heavy atom. The maximum atomic E-state index is 6.22. The molecule has 1 aromatic heterocycles. The molecule has 108 valence electrons. The van der Waals surface area contributed by atoms with Crippen molar-refractivity contribution in [1.82, 2.24) is 0 Å². The number of hydrogen-bond donors (Lipinski definition) is 1. The zero-order valence-electron chi connectivity index (χ0n) is 11.4. The largest absolute Gasteiger partial charge is 0.482 e. The molecule has 0 aliphatic heterocycles. The summed E-state index contributed by atoms with van der Waals surface area (Å²) in [6, 6.07) is 9.70. The van der Waals surface area contributed by atoms with Crippen LogP contribution in [0.4, 0.5) is 0 Å². The maximum absolute atomic E-state index is 6.22. The molecule has 1 heterocycles. The third-order valence-corrected chi connectivity index (χ3v) is 4.90. The Hall–Kier alpha value is -0.550. The van der Waals surface area contributed by atoms with Gasteiger partial charge in [0.15, 0.2) is 0 Å². The molecule has 2 rings (SSSR count). The fourth-order valence-corrected chi connectivity index (χ4v) is 3.59. The van der Waals surface area contributed by atoms with Crippen molar-refractivity contribution in [2.24, 2.45) is 5.73 Å². The molecule has 0 saturated heterocycles. The lowest BCUT2D eigenvalue weighted by molar-refractivity contribution is 0.175. The zero-order chi connectivity index (χ0) is 14.7. The lowest BCUT2D eigenvalue weighted by Gasteiger charge is -2.24. The summed E-state index contributed by atoms with van der Waals surface area (Å²) in [5, 5.41) is 0.584. The average molecular weight is 375 g/mol. The van der Waals surface area contributed by atoms with Crippen LogP contribution in [-0.4, -0.2) is 6.04 Å². The SMILES string of the molecule is CCC(N)C(Oc1ccc(Br)cc1Cl)c1ccc(C)s1. The lowest BCUT2D eigenvalue weighted by atomic mass is 10.1. The van der Waals surface area contributed by atoms with Crippen molar-refractivity contribution in [3.05, 3.63) is 49.6 Å². The fraction of sp³-hybridized carbons (Fsp3) is 0.333. The molecule has 0 bridgehead atoms. The number of aryl methyl sites for hydroxylation is 1. The summed E-state index contributed by atoms with van der Waals surface area (Å²) in [6.45, 7) is 4.14. The Labute approximate surface area is 137 Å². The van der Waals surface area contributed by atoms with Crippen LogP contribution in [0.2, 0.25) is 5.02 Å². The monoisotopic (exact) mass is 373 g/mol. The average Bonchev–Trinajstić information content (AvgIpc) is 2.83. The predicted octanol–water partition coefficient (Wildman–Crippen LogP) is 5.33. The van der Waals surface area contributed by atoms with E-state index in [0.29, 0.717) is 10.8 Å². The van der Waals surface area contributed by atoms with Crippen molar-refractivity contribution in [2.75, 3.05) is 0 Å². The minimum absolute atomic E-state index is 0.0623. The first kappa shape index (κ1) is 15.8. The number of halogens is 2. The molecule has 0 radical (unpaired) electrons. The number of nitrogens with two attached hydrogens (primary N) is 1. The summed E-state index contributed by atoms with van der Waals surface area (Å²) >= 11 is 11.3. The summed E-state index contributed by atoms with van der Waals surface area (Å²) in [6.07, 6.45) is 0.674. The van der Waals surface area contributed by atoms with Gasteiger partial charge in [-0.25, -0.2) is 0 Å². The number of thiophene rings is 1. The van der Waals surface area contributed by atoms with E-state index in [-0.39, 0.29) is 12.1 Å². The normalized spacial score (nSPS) is 14.1.